The van der Waals surface area contributed by atoms with Crippen LogP contribution >= 0.6 is 34.5 Å². The summed E-state index contributed by atoms with van der Waals surface area (Å²) >= 11 is 13.7. The second-order valence-electron chi connectivity index (χ2n) is 8.74. The molecule has 1 aliphatic rings. The van der Waals surface area contributed by atoms with E-state index in [1.807, 2.05) is 0 Å². The maximum absolute atomic E-state index is 13.9. The molecule has 0 radical (unpaired) electrons. The first-order valence-corrected chi connectivity index (χ1v) is 13.8. The number of fused-ring (bicyclic) bond motifs is 1. The molecule has 11 heteroatoms. The molecule has 0 N–H and O–H groups in total. The molecule has 1 unspecified atom stereocenters. The molecule has 206 valence electrons. The van der Waals surface area contributed by atoms with Crippen molar-refractivity contribution < 1.29 is 23.4 Å². The van der Waals surface area contributed by atoms with Crippen LogP contribution in [0.2, 0.25) is 10.0 Å². The molecule has 1 aliphatic heterocycles. The number of esters is 1. The van der Waals surface area contributed by atoms with Gasteiger partial charge in [-0.3, -0.25) is 9.36 Å². The lowest BCUT2D eigenvalue weighted by Crippen LogP contribution is -2.40. The molecule has 0 bridgehead atoms. The fraction of sp³-hybridized carbons (Fsp3) is 0.207. The van der Waals surface area contributed by atoms with E-state index in [4.69, 9.17) is 41.8 Å². The van der Waals surface area contributed by atoms with Gasteiger partial charge in [0.2, 0.25) is 0 Å². The van der Waals surface area contributed by atoms with Gasteiger partial charge in [0.25, 0.3) is 5.56 Å². The number of methoxy groups -OCH3 is 2. The van der Waals surface area contributed by atoms with E-state index >= 15 is 0 Å². The topological polar surface area (TPSA) is 92.3 Å². The largest absolute Gasteiger partial charge is 0.497 e. The number of ether oxygens (including phenoxy) is 3. The number of hydrogen-bond donors (Lipinski definition) is 0. The van der Waals surface area contributed by atoms with Crippen LogP contribution in [0.3, 0.4) is 0 Å². The Hall–Kier alpha value is -3.79. The van der Waals surface area contributed by atoms with Gasteiger partial charge in [-0.25, -0.2) is 9.79 Å². The van der Waals surface area contributed by atoms with Gasteiger partial charge in [0, 0.05) is 22.2 Å². The van der Waals surface area contributed by atoms with Crippen LogP contribution in [0.25, 0.3) is 17.4 Å². The Morgan fingerprint density at radius 3 is 2.65 bits per heavy atom. The van der Waals surface area contributed by atoms with Crippen LogP contribution in [-0.4, -0.2) is 31.4 Å². The van der Waals surface area contributed by atoms with Gasteiger partial charge in [0.05, 0.1) is 41.7 Å². The molecular weight excluding hydrogens is 575 g/mol. The Bertz CT molecular complexity index is 1840. The van der Waals surface area contributed by atoms with Crippen molar-refractivity contribution in [2.75, 3.05) is 20.8 Å². The van der Waals surface area contributed by atoms with Crippen LogP contribution in [0.4, 0.5) is 0 Å². The summed E-state index contributed by atoms with van der Waals surface area (Å²) in [7, 11) is 3.06. The highest BCUT2D eigenvalue weighted by molar-refractivity contribution is 7.07. The normalized spacial score (nSPS) is 15.1. The SMILES string of the molecule is CCOC(=O)C1=C(C)N=c2sc(=Cc3ccc(-c4cc(Cl)ccc4Cl)o3)c(=O)n2C1c1cc(OC)ccc1OC. The third kappa shape index (κ3) is 5.08. The molecular formula is C29H24Cl2N2O6S. The average molecular weight is 599 g/mol. The maximum atomic E-state index is 13.9. The standard InChI is InChI=1S/C29H24Cl2N2O6S/c1-5-38-28(35)25-15(2)32-29-33(26(25)20-13-17(36-3)7-10-22(20)37-4)27(34)24(40-29)14-18-8-11-23(39-18)19-12-16(30)6-9-21(19)31/h6-14,26H,5H2,1-4H3. The van der Waals surface area contributed by atoms with Crippen molar-refractivity contribution >= 4 is 46.6 Å². The minimum Gasteiger partial charge on any atom is -0.497 e. The lowest BCUT2D eigenvalue weighted by atomic mass is 9.95. The molecule has 0 amide bonds. The van der Waals surface area contributed by atoms with Crippen LogP contribution in [0.1, 0.15) is 31.2 Å². The number of nitrogens with zero attached hydrogens (tertiary/aromatic N) is 2. The van der Waals surface area contributed by atoms with E-state index in [1.165, 1.54) is 23.0 Å². The van der Waals surface area contributed by atoms with Crippen molar-refractivity contribution in [2.45, 2.75) is 19.9 Å². The third-order valence-electron chi connectivity index (χ3n) is 6.34. The summed E-state index contributed by atoms with van der Waals surface area (Å²) in [6.45, 7) is 3.61. The van der Waals surface area contributed by atoms with Crippen molar-refractivity contribution in [1.82, 2.24) is 4.57 Å². The molecule has 0 aliphatic carbocycles. The Kier molecular flexibility index (Phi) is 7.89. The van der Waals surface area contributed by atoms with Gasteiger partial charge >= 0.3 is 5.97 Å². The van der Waals surface area contributed by atoms with Crippen LogP contribution in [0.5, 0.6) is 11.5 Å². The summed E-state index contributed by atoms with van der Waals surface area (Å²) < 4.78 is 24.3. The highest BCUT2D eigenvalue weighted by atomic mass is 35.5. The van der Waals surface area contributed by atoms with Gasteiger partial charge in [-0.05, 0) is 62.4 Å². The summed E-state index contributed by atoms with van der Waals surface area (Å²) in [6.07, 6.45) is 1.63. The Morgan fingerprint density at radius 1 is 1.12 bits per heavy atom. The van der Waals surface area contributed by atoms with Gasteiger partial charge in [-0.1, -0.05) is 34.5 Å². The Labute approximate surface area is 243 Å². The molecule has 3 heterocycles. The number of thiazole rings is 1. The summed E-state index contributed by atoms with van der Waals surface area (Å²) in [4.78, 5) is 32.1. The molecule has 40 heavy (non-hydrogen) atoms. The number of carbonyl (C=O) groups is 1. The van der Waals surface area contributed by atoms with Gasteiger partial charge in [0.15, 0.2) is 4.80 Å². The van der Waals surface area contributed by atoms with E-state index in [-0.39, 0.29) is 17.7 Å². The first-order valence-electron chi connectivity index (χ1n) is 12.2. The van der Waals surface area contributed by atoms with Crippen LogP contribution in [-0.2, 0) is 9.53 Å². The second kappa shape index (κ2) is 11.4. The van der Waals surface area contributed by atoms with Crippen molar-refractivity contribution in [3.63, 3.8) is 0 Å². The highest BCUT2D eigenvalue weighted by Gasteiger charge is 2.35. The number of hydrogen-bond acceptors (Lipinski definition) is 8. The van der Waals surface area contributed by atoms with E-state index in [0.29, 0.717) is 59.2 Å². The van der Waals surface area contributed by atoms with Gasteiger partial charge in [0.1, 0.15) is 29.1 Å². The second-order valence-corrected chi connectivity index (χ2v) is 10.6. The quantitative estimate of drug-likeness (QED) is 0.265. The minimum atomic E-state index is -0.861. The van der Waals surface area contributed by atoms with Gasteiger partial charge in [-0.15, -0.1) is 0 Å². The first kappa shape index (κ1) is 27.8. The number of allylic oxidation sites excluding steroid dienone is 1. The van der Waals surface area contributed by atoms with E-state index in [2.05, 4.69) is 4.99 Å². The number of carbonyl (C=O) groups excluding carboxylic acids is 1. The van der Waals surface area contributed by atoms with E-state index in [0.717, 1.165) is 0 Å². The molecule has 0 fully saturated rings. The fourth-order valence-electron chi connectivity index (χ4n) is 4.53. The minimum absolute atomic E-state index is 0.166. The van der Waals surface area contributed by atoms with E-state index < -0.39 is 12.0 Å². The molecule has 0 spiro atoms. The van der Waals surface area contributed by atoms with Crippen molar-refractivity contribution in [1.29, 1.82) is 0 Å². The van der Waals surface area contributed by atoms with Gasteiger partial charge in [-0.2, -0.15) is 0 Å². The summed E-state index contributed by atoms with van der Waals surface area (Å²) in [6, 6.07) is 12.9. The zero-order chi connectivity index (χ0) is 28.6. The average Bonchev–Trinajstić information content (AvgIpc) is 3.53. The third-order valence-corrected chi connectivity index (χ3v) is 7.89. The zero-order valence-electron chi connectivity index (χ0n) is 22.0. The number of aromatic nitrogens is 1. The lowest BCUT2D eigenvalue weighted by Gasteiger charge is -2.26. The summed E-state index contributed by atoms with van der Waals surface area (Å²) in [5.41, 5.74) is 1.52. The molecule has 0 saturated carbocycles. The summed E-state index contributed by atoms with van der Waals surface area (Å²) in [5.74, 6) is 1.39. The van der Waals surface area contributed by atoms with Crippen LogP contribution < -0.4 is 24.4 Å². The van der Waals surface area contributed by atoms with Crippen molar-refractivity contribution in [3.05, 3.63) is 101 Å². The smallest absolute Gasteiger partial charge is 0.338 e. The predicted molar refractivity (Wildman–Crippen MR) is 154 cm³/mol. The van der Waals surface area contributed by atoms with Gasteiger partial charge < -0.3 is 18.6 Å². The van der Waals surface area contributed by atoms with E-state index in [9.17, 15) is 9.59 Å². The monoisotopic (exact) mass is 598 g/mol. The van der Waals surface area contributed by atoms with Crippen LogP contribution in [0.15, 0.2) is 74.0 Å². The number of furan rings is 1. The first-order chi connectivity index (χ1) is 19.2. The maximum Gasteiger partial charge on any atom is 0.338 e. The zero-order valence-corrected chi connectivity index (χ0v) is 24.3. The Morgan fingerprint density at radius 2 is 1.93 bits per heavy atom. The molecule has 1 atom stereocenters. The molecule has 4 aromatic rings. The Balaban J connectivity index is 1.69. The highest BCUT2D eigenvalue weighted by Crippen LogP contribution is 2.38. The van der Waals surface area contributed by atoms with E-state index in [1.54, 1.807) is 75.6 Å². The van der Waals surface area contributed by atoms with Crippen LogP contribution in [0, 0.1) is 0 Å². The predicted octanol–water partition coefficient (Wildman–Crippen LogP) is 5.38. The van der Waals surface area contributed by atoms with Crippen molar-refractivity contribution in [2.24, 2.45) is 4.99 Å². The molecule has 0 saturated heterocycles. The van der Waals surface area contributed by atoms with Crippen molar-refractivity contribution in [3.8, 4) is 22.8 Å². The number of halogens is 2. The molecule has 8 nitrogen and oxygen atoms in total. The molecule has 2 aromatic heterocycles. The molecule has 2 aromatic carbocycles. The lowest BCUT2D eigenvalue weighted by molar-refractivity contribution is -0.139. The number of benzene rings is 2. The summed E-state index contributed by atoms with van der Waals surface area (Å²) in [5, 5.41) is 1.00. The fourth-order valence-corrected chi connectivity index (χ4v) is 5.94. The number of rotatable bonds is 7. The molecule has 5 rings (SSSR count).